The molecule has 0 aliphatic heterocycles. The number of hydrogen-bond donors (Lipinski definition) is 1. The van der Waals surface area contributed by atoms with Crippen LogP contribution in [0.15, 0.2) is 23.1 Å². The molecule has 2 heteroatoms. The Labute approximate surface area is 95.9 Å². The Morgan fingerprint density at radius 2 is 2.07 bits per heavy atom. The molecule has 1 aromatic carbocycles. The molecular formula is C13H18OS. The second-order valence-corrected chi connectivity index (χ2v) is 6.08. The molecule has 0 aromatic heterocycles. The van der Waals surface area contributed by atoms with Crippen molar-refractivity contribution in [2.24, 2.45) is 0 Å². The number of thioether (sulfide) groups is 1. The van der Waals surface area contributed by atoms with Crippen molar-refractivity contribution in [3.8, 4) is 0 Å². The van der Waals surface area contributed by atoms with Crippen molar-refractivity contribution in [3.05, 3.63) is 29.3 Å². The van der Waals surface area contributed by atoms with Crippen LogP contribution < -0.4 is 0 Å². The third kappa shape index (κ3) is 2.21. The van der Waals surface area contributed by atoms with Crippen LogP contribution in [0.4, 0.5) is 0 Å². The average Bonchev–Trinajstić information content (AvgIpc) is 2.17. The van der Waals surface area contributed by atoms with Gasteiger partial charge in [-0.2, -0.15) is 0 Å². The maximum absolute atomic E-state index is 9.44. The lowest BCUT2D eigenvalue weighted by molar-refractivity contribution is 0.191. The zero-order valence-corrected chi connectivity index (χ0v) is 10.2. The minimum Gasteiger partial charge on any atom is -0.395 e. The summed E-state index contributed by atoms with van der Waals surface area (Å²) in [5, 5.41) is 9.44. The molecule has 0 heterocycles. The van der Waals surface area contributed by atoms with Crippen molar-refractivity contribution < 1.29 is 5.11 Å². The fourth-order valence-electron chi connectivity index (χ4n) is 1.91. The van der Waals surface area contributed by atoms with Crippen molar-refractivity contribution >= 4 is 11.8 Å². The van der Waals surface area contributed by atoms with Gasteiger partial charge in [0.15, 0.2) is 0 Å². The van der Waals surface area contributed by atoms with Gasteiger partial charge in [0.25, 0.3) is 0 Å². The summed E-state index contributed by atoms with van der Waals surface area (Å²) < 4.78 is 0.124. The molecule has 1 aromatic rings. The highest BCUT2D eigenvalue weighted by Gasteiger charge is 2.37. The van der Waals surface area contributed by atoms with Crippen molar-refractivity contribution in [2.75, 3.05) is 6.61 Å². The Kier molecular flexibility index (Phi) is 3.08. The summed E-state index contributed by atoms with van der Waals surface area (Å²) in [4.78, 5) is 1.34. The van der Waals surface area contributed by atoms with E-state index in [2.05, 4.69) is 32.0 Å². The molecule has 0 spiro atoms. The van der Waals surface area contributed by atoms with Crippen molar-refractivity contribution in [3.63, 3.8) is 0 Å². The summed E-state index contributed by atoms with van der Waals surface area (Å²) in [6, 6.07) is 6.54. The van der Waals surface area contributed by atoms with Gasteiger partial charge in [-0.05, 0) is 38.3 Å². The van der Waals surface area contributed by atoms with Gasteiger partial charge in [0, 0.05) is 9.64 Å². The lowest BCUT2D eigenvalue weighted by Crippen LogP contribution is -2.37. The molecule has 1 nitrogen and oxygen atoms in total. The number of aliphatic hydroxyl groups is 1. The monoisotopic (exact) mass is 222 g/mol. The zero-order chi connectivity index (χ0) is 10.9. The number of rotatable bonds is 3. The minimum absolute atomic E-state index is 0.124. The summed E-state index contributed by atoms with van der Waals surface area (Å²) in [6.45, 7) is 4.58. The Balaban J connectivity index is 2.19. The fourth-order valence-corrected chi connectivity index (χ4v) is 3.41. The van der Waals surface area contributed by atoms with Crippen LogP contribution in [0.25, 0.3) is 0 Å². The van der Waals surface area contributed by atoms with E-state index in [9.17, 15) is 5.11 Å². The number of aryl methyl sites for hydroxylation is 2. The van der Waals surface area contributed by atoms with Crippen molar-refractivity contribution in [1.29, 1.82) is 0 Å². The van der Waals surface area contributed by atoms with Crippen LogP contribution in [-0.4, -0.2) is 16.5 Å². The number of hydrogen-bond acceptors (Lipinski definition) is 2. The lowest BCUT2D eigenvalue weighted by atomic mass is 9.85. The Morgan fingerprint density at radius 3 is 2.60 bits per heavy atom. The summed E-state index contributed by atoms with van der Waals surface area (Å²) in [5.74, 6) is 0. The summed E-state index contributed by atoms with van der Waals surface area (Å²) in [6.07, 6.45) is 3.57. The quantitative estimate of drug-likeness (QED) is 0.846. The highest BCUT2D eigenvalue weighted by Crippen LogP contribution is 2.48. The van der Waals surface area contributed by atoms with E-state index in [4.69, 9.17) is 0 Å². The van der Waals surface area contributed by atoms with Gasteiger partial charge < -0.3 is 5.11 Å². The van der Waals surface area contributed by atoms with E-state index in [1.807, 2.05) is 11.8 Å². The SMILES string of the molecule is Cc1ccc(C)c(SC2(CO)CCC2)c1. The molecule has 2 rings (SSSR count). The first kappa shape index (κ1) is 11.0. The molecule has 1 saturated carbocycles. The van der Waals surface area contributed by atoms with Crippen LogP contribution in [0.2, 0.25) is 0 Å². The van der Waals surface area contributed by atoms with Gasteiger partial charge in [0.2, 0.25) is 0 Å². The molecule has 15 heavy (non-hydrogen) atoms. The molecule has 0 amide bonds. The van der Waals surface area contributed by atoms with E-state index in [1.54, 1.807) is 0 Å². The van der Waals surface area contributed by atoms with Gasteiger partial charge in [-0.3, -0.25) is 0 Å². The molecule has 82 valence electrons. The van der Waals surface area contributed by atoms with Crippen LogP contribution in [0.5, 0.6) is 0 Å². The zero-order valence-electron chi connectivity index (χ0n) is 9.42. The summed E-state index contributed by atoms with van der Waals surface area (Å²) in [5.41, 5.74) is 2.63. The Morgan fingerprint density at radius 1 is 1.33 bits per heavy atom. The second-order valence-electron chi connectivity index (χ2n) is 4.57. The van der Waals surface area contributed by atoms with E-state index in [0.29, 0.717) is 6.61 Å². The normalized spacial score (nSPS) is 18.6. The van der Waals surface area contributed by atoms with Gasteiger partial charge in [-0.15, -0.1) is 11.8 Å². The van der Waals surface area contributed by atoms with E-state index in [1.165, 1.54) is 22.4 Å². The molecule has 1 fully saturated rings. The first-order chi connectivity index (χ1) is 7.15. The number of benzene rings is 1. The first-order valence-corrected chi connectivity index (χ1v) is 6.34. The number of aliphatic hydroxyl groups excluding tert-OH is 1. The van der Waals surface area contributed by atoms with Crippen LogP contribution in [-0.2, 0) is 0 Å². The van der Waals surface area contributed by atoms with E-state index < -0.39 is 0 Å². The van der Waals surface area contributed by atoms with Crippen molar-refractivity contribution in [2.45, 2.75) is 42.8 Å². The molecule has 1 N–H and O–H groups in total. The standard InChI is InChI=1S/C13H18OS/c1-10-4-5-11(2)12(8-10)15-13(9-14)6-3-7-13/h4-5,8,14H,3,6-7,9H2,1-2H3. The molecule has 0 saturated heterocycles. The summed E-state index contributed by atoms with van der Waals surface area (Å²) in [7, 11) is 0. The maximum Gasteiger partial charge on any atom is 0.0581 e. The van der Waals surface area contributed by atoms with Gasteiger partial charge in [-0.25, -0.2) is 0 Å². The van der Waals surface area contributed by atoms with Crippen LogP contribution in [0.3, 0.4) is 0 Å². The molecular weight excluding hydrogens is 204 g/mol. The Bertz CT molecular complexity index is 350. The topological polar surface area (TPSA) is 20.2 Å². The first-order valence-electron chi connectivity index (χ1n) is 5.52. The van der Waals surface area contributed by atoms with Crippen LogP contribution >= 0.6 is 11.8 Å². The largest absolute Gasteiger partial charge is 0.395 e. The van der Waals surface area contributed by atoms with Crippen LogP contribution in [0, 0.1) is 13.8 Å². The molecule has 0 radical (unpaired) electrons. The van der Waals surface area contributed by atoms with Crippen molar-refractivity contribution in [1.82, 2.24) is 0 Å². The third-order valence-electron chi connectivity index (χ3n) is 3.22. The average molecular weight is 222 g/mol. The molecule has 1 aliphatic rings. The van der Waals surface area contributed by atoms with E-state index in [-0.39, 0.29) is 4.75 Å². The van der Waals surface area contributed by atoms with Gasteiger partial charge >= 0.3 is 0 Å². The highest BCUT2D eigenvalue weighted by atomic mass is 32.2. The molecule has 0 unspecified atom stereocenters. The second kappa shape index (κ2) is 4.18. The maximum atomic E-state index is 9.44. The molecule has 0 bridgehead atoms. The molecule has 1 aliphatic carbocycles. The predicted molar refractivity (Wildman–Crippen MR) is 65.4 cm³/mol. The third-order valence-corrected chi connectivity index (χ3v) is 4.85. The van der Waals surface area contributed by atoms with E-state index in [0.717, 1.165) is 12.8 Å². The Hall–Kier alpha value is -0.470. The highest BCUT2D eigenvalue weighted by molar-refractivity contribution is 8.00. The predicted octanol–water partition coefficient (Wildman–Crippen LogP) is 3.31. The summed E-state index contributed by atoms with van der Waals surface area (Å²) >= 11 is 1.87. The van der Waals surface area contributed by atoms with E-state index >= 15 is 0 Å². The van der Waals surface area contributed by atoms with Gasteiger partial charge in [0.05, 0.1) is 6.61 Å². The van der Waals surface area contributed by atoms with Crippen LogP contribution in [0.1, 0.15) is 30.4 Å². The lowest BCUT2D eigenvalue weighted by Gasteiger charge is -2.39. The minimum atomic E-state index is 0.124. The van der Waals surface area contributed by atoms with Gasteiger partial charge in [0.1, 0.15) is 0 Å². The fraction of sp³-hybridized carbons (Fsp3) is 0.538. The molecule has 0 atom stereocenters. The van der Waals surface area contributed by atoms with Gasteiger partial charge in [-0.1, -0.05) is 24.1 Å². The smallest absolute Gasteiger partial charge is 0.0581 e.